The van der Waals surface area contributed by atoms with Gasteiger partial charge < -0.3 is 14.0 Å². The largest absolute Gasteiger partial charge is 0.495 e. The average Bonchev–Trinajstić information content (AvgIpc) is 2.37. The first-order valence-corrected chi connectivity index (χ1v) is 8.41. The lowest BCUT2D eigenvalue weighted by Crippen LogP contribution is -2.37. The smallest absolute Gasteiger partial charge is 0.390 e. The molecule has 1 aromatic rings. The van der Waals surface area contributed by atoms with Gasteiger partial charge in [0.15, 0.2) is 0 Å². The van der Waals surface area contributed by atoms with Gasteiger partial charge in [0.05, 0.1) is 5.56 Å². The summed E-state index contributed by atoms with van der Waals surface area (Å²) in [7, 11) is -2.23. The molecule has 0 bridgehead atoms. The van der Waals surface area contributed by atoms with Gasteiger partial charge in [0.2, 0.25) is 0 Å². The van der Waals surface area contributed by atoms with Gasteiger partial charge in [-0.25, -0.2) is 0 Å². The number of hydrogen-bond acceptors (Lipinski definition) is 3. The van der Waals surface area contributed by atoms with E-state index in [1.807, 2.05) is 0 Å². The highest BCUT2D eigenvalue weighted by Gasteiger charge is 2.30. The lowest BCUT2D eigenvalue weighted by molar-refractivity contribution is -0.137. The Hall–Kier alpha value is -0.893. The molecule has 0 aliphatic rings. The standard InChI is InChI=1S/C13H19F3O3Si/c1-19-20(17,18)9-4-2-3-6-11-7-5-8-12(10-11)13(14,15)16/h5,7-8,10,17-18H,2-4,6,9H2,1H3. The van der Waals surface area contributed by atoms with E-state index in [1.54, 1.807) is 6.07 Å². The maximum absolute atomic E-state index is 12.5. The second-order valence-electron chi connectivity index (χ2n) is 4.71. The molecule has 0 aliphatic heterocycles. The highest BCUT2D eigenvalue weighted by molar-refractivity contribution is 6.57. The zero-order chi connectivity index (χ0) is 15.2. The maximum atomic E-state index is 12.5. The summed E-state index contributed by atoms with van der Waals surface area (Å²) in [5.74, 6) is 0. The van der Waals surface area contributed by atoms with Crippen LogP contribution in [0.2, 0.25) is 6.04 Å². The fraction of sp³-hybridized carbons (Fsp3) is 0.538. The van der Waals surface area contributed by atoms with Gasteiger partial charge in [0.1, 0.15) is 0 Å². The molecule has 0 saturated heterocycles. The molecule has 2 N–H and O–H groups in total. The molecule has 114 valence electrons. The summed E-state index contributed by atoms with van der Waals surface area (Å²) in [4.78, 5) is 18.6. The van der Waals surface area contributed by atoms with Crippen molar-refractivity contribution in [1.82, 2.24) is 0 Å². The fourth-order valence-electron chi connectivity index (χ4n) is 1.87. The van der Waals surface area contributed by atoms with E-state index < -0.39 is 20.5 Å². The topological polar surface area (TPSA) is 49.7 Å². The predicted molar refractivity (Wildman–Crippen MR) is 71.0 cm³/mol. The predicted octanol–water partition coefficient (Wildman–Crippen LogP) is 2.99. The van der Waals surface area contributed by atoms with Crippen molar-refractivity contribution in [1.29, 1.82) is 0 Å². The van der Waals surface area contributed by atoms with Crippen LogP contribution in [0.15, 0.2) is 24.3 Å². The maximum Gasteiger partial charge on any atom is 0.495 e. The summed E-state index contributed by atoms with van der Waals surface area (Å²) >= 11 is 0. The Kier molecular flexibility index (Phi) is 6.19. The minimum Gasteiger partial charge on any atom is -0.390 e. The van der Waals surface area contributed by atoms with Crippen molar-refractivity contribution in [3.63, 3.8) is 0 Å². The second kappa shape index (κ2) is 7.21. The Balaban J connectivity index is 2.36. The summed E-state index contributed by atoms with van der Waals surface area (Å²) in [6.07, 6.45) is -1.76. The normalized spacial score (nSPS) is 12.7. The van der Waals surface area contributed by atoms with Crippen molar-refractivity contribution < 1.29 is 27.2 Å². The van der Waals surface area contributed by atoms with Crippen molar-refractivity contribution >= 4 is 8.80 Å². The summed E-state index contributed by atoms with van der Waals surface area (Å²) in [5.41, 5.74) is 0.00888. The summed E-state index contributed by atoms with van der Waals surface area (Å²) in [5, 5.41) is 0. The molecule has 20 heavy (non-hydrogen) atoms. The lowest BCUT2D eigenvalue weighted by Gasteiger charge is -2.14. The third-order valence-corrected chi connectivity index (χ3v) is 4.71. The molecule has 0 aliphatic carbocycles. The van der Waals surface area contributed by atoms with Crippen LogP contribution in [-0.4, -0.2) is 25.5 Å². The van der Waals surface area contributed by atoms with Crippen LogP contribution < -0.4 is 0 Å². The molecule has 3 nitrogen and oxygen atoms in total. The Bertz CT molecular complexity index is 422. The van der Waals surface area contributed by atoms with Crippen molar-refractivity contribution in [2.24, 2.45) is 0 Å². The monoisotopic (exact) mass is 308 g/mol. The molecular weight excluding hydrogens is 289 g/mol. The molecule has 0 fully saturated rings. The van der Waals surface area contributed by atoms with E-state index in [0.717, 1.165) is 18.6 Å². The Morgan fingerprint density at radius 1 is 1.15 bits per heavy atom. The van der Waals surface area contributed by atoms with Crippen LogP contribution in [0.4, 0.5) is 13.2 Å². The molecule has 0 radical (unpaired) electrons. The third kappa shape index (κ3) is 6.04. The summed E-state index contributed by atoms with van der Waals surface area (Å²) in [6, 6.07) is 5.50. The van der Waals surface area contributed by atoms with E-state index in [9.17, 15) is 22.8 Å². The molecule has 0 aromatic heterocycles. The van der Waals surface area contributed by atoms with Crippen LogP contribution >= 0.6 is 0 Å². The van der Waals surface area contributed by atoms with Crippen LogP contribution in [0.3, 0.4) is 0 Å². The number of alkyl halides is 3. The van der Waals surface area contributed by atoms with E-state index in [0.29, 0.717) is 24.8 Å². The van der Waals surface area contributed by atoms with Crippen LogP contribution in [0.25, 0.3) is 0 Å². The number of halogens is 3. The van der Waals surface area contributed by atoms with Gasteiger partial charge >= 0.3 is 15.0 Å². The molecule has 0 unspecified atom stereocenters. The van der Waals surface area contributed by atoms with Gasteiger partial charge in [0.25, 0.3) is 0 Å². The average molecular weight is 308 g/mol. The Labute approximate surface area is 117 Å². The van der Waals surface area contributed by atoms with Gasteiger partial charge in [0, 0.05) is 13.2 Å². The van der Waals surface area contributed by atoms with E-state index in [4.69, 9.17) is 0 Å². The van der Waals surface area contributed by atoms with Crippen LogP contribution in [-0.2, 0) is 17.0 Å². The minimum atomic E-state index is -4.31. The van der Waals surface area contributed by atoms with Crippen molar-refractivity contribution in [2.75, 3.05) is 7.11 Å². The Morgan fingerprint density at radius 2 is 1.85 bits per heavy atom. The SMILES string of the molecule is CO[Si](O)(O)CCCCCc1cccc(C(F)(F)F)c1. The molecule has 7 heteroatoms. The Morgan fingerprint density at radius 3 is 2.45 bits per heavy atom. The zero-order valence-electron chi connectivity index (χ0n) is 11.3. The molecule has 0 saturated carbocycles. The van der Waals surface area contributed by atoms with Crippen LogP contribution in [0.1, 0.15) is 30.4 Å². The van der Waals surface area contributed by atoms with Gasteiger partial charge in [-0.1, -0.05) is 24.6 Å². The quantitative estimate of drug-likeness (QED) is 0.601. The lowest BCUT2D eigenvalue weighted by atomic mass is 10.0. The molecule has 0 spiro atoms. The van der Waals surface area contributed by atoms with Gasteiger partial charge in [-0.15, -0.1) is 0 Å². The van der Waals surface area contributed by atoms with E-state index >= 15 is 0 Å². The van der Waals surface area contributed by atoms with E-state index in [2.05, 4.69) is 4.43 Å². The fourth-order valence-corrected chi connectivity index (χ4v) is 2.78. The summed E-state index contributed by atoms with van der Waals surface area (Å²) < 4.78 is 42.1. The number of benzene rings is 1. The molecule has 0 heterocycles. The molecule has 1 rings (SSSR count). The van der Waals surface area contributed by atoms with Crippen molar-refractivity contribution in [3.05, 3.63) is 35.4 Å². The number of rotatable bonds is 7. The van der Waals surface area contributed by atoms with Gasteiger partial charge in [-0.3, -0.25) is 0 Å². The van der Waals surface area contributed by atoms with Crippen LogP contribution in [0.5, 0.6) is 0 Å². The van der Waals surface area contributed by atoms with Gasteiger partial charge in [-0.05, 0) is 30.9 Å². The highest BCUT2D eigenvalue weighted by Crippen LogP contribution is 2.29. The minimum absolute atomic E-state index is 0.214. The highest BCUT2D eigenvalue weighted by atomic mass is 28.4. The first kappa shape index (κ1) is 17.2. The molecule has 0 amide bonds. The van der Waals surface area contributed by atoms with Crippen LogP contribution in [0, 0.1) is 0 Å². The van der Waals surface area contributed by atoms with Gasteiger partial charge in [-0.2, -0.15) is 13.2 Å². The van der Waals surface area contributed by atoms with Crippen molar-refractivity contribution in [3.8, 4) is 0 Å². The molecular formula is C13H19F3O3Si. The zero-order valence-corrected chi connectivity index (χ0v) is 12.3. The number of aryl methyl sites for hydroxylation is 1. The first-order chi connectivity index (χ1) is 9.24. The number of hydrogen-bond donors (Lipinski definition) is 2. The first-order valence-electron chi connectivity index (χ1n) is 6.41. The summed E-state index contributed by atoms with van der Waals surface area (Å²) in [6.45, 7) is 0. The van der Waals surface area contributed by atoms with Crippen molar-refractivity contribution in [2.45, 2.75) is 37.9 Å². The molecule has 1 aromatic carbocycles. The third-order valence-electron chi connectivity index (χ3n) is 3.05. The van der Waals surface area contributed by atoms with E-state index in [-0.39, 0.29) is 6.04 Å². The van der Waals surface area contributed by atoms with E-state index in [1.165, 1.54) is 13.2 Å². The number of unbranched alkanes of at least 4 members (excludes halogenated alkanes) is 2. The molecule has 0 atom stereocenters. The second-order valence-corrected chi connectivity index (χ2v) is 7.10.